The number of carbonyl (C=O) groups is 5. The number of hydrogen-bond donors (Lipinski definition) is 1. The number of carbonyl (C=O) groups excluding carboxylic acids is 5. The van der Waals surface area contributed by atoms with E-state index >= 15 is 4.79 Å². The van der Waals surface area contributed by atoms with E-state index in [-0.39, 0.29) is 39.0 Å². The van der Waals surface area contributed by atoms with Crippen molar-refractivity contribution in [1.29, 1.82) is 0 Å². The fourth-order valence-electron chi connectivity index (χ4n) is 7.22. The van der Waals surface area contributed by atoms with E-state index < -0.39 is 74.7 Å². The van der Waals surface area contributed by atoms with Crippen LogP contribution in [0.15, 0.2) is 127 Å². The van der Waals surface area contributed by atoms with Gasteiger partial charge in [0.15, 0.2) is 23.4 Å². The Balaban J connectivity index is 1.48. The lowest BCUT2D eigenvalue weighted by Crippen LogP contribution is -2.63. The first-order valence-electron chi connectivity index (χ1n) is 20.6. The Bertz CT molecular complexity index is 2390. The number of nitrogens with one attached hydrogen (secondary N) is 1. The van der Waals surface area contributed by atoms with E-state index in [2.05, 4.69) is 39.2 Å². The molecule has 0 aliphatic carbocycles. The van der Waals surface area contributed by atoms with Gasteiger partial charge >= 0.3 is 23.9 Å². The van der Waals surface area contributed by atoms with Crippen molar-refractivity contribution in [2.24, 2.45) is 0 Å². The van der Waals surface area contributed by atoms with Crippen molar-refractivity contribution >= 4 is 55.4 Å². The minimum absolute atomic E-state index is 0.0275. The lowest BCUT2D eigenvalue weighted by Gasteiger charge is -2.47. The molecular weight excluding hydrogens is 841 g/mol. The van der Waals surface area contributed by atoms with E-state index in [4.69, 9.17) is 40.3 Å². The second kappa shape index (κ2) is 19.1. The number of esters is 4. The predicted octanol–water partition coefficient (Wildman–Crippen LogP) is 7.92. The molecule has 2 aliphatic heterocycles. The number of thiocarbonyl (C=S) groups is 1. The van der Waals surface area contributed by atoms with E-state index in [1.807, 2.05) is 6.07 Å². The van der Waals surface area contributed by atoms with Crippen LogP contribution in [0.25, 0.3) is 0 Å². The van der Waals surface area contributed by atoms with Gasteiger partial charge in [0, 0.05) is 5.70 Å². The lowest BCUT2D eigenvalue weighted by atomic mass is 9.79. The first-order chi connectivity index (χ1) is 29.9. The SMILES string of the molecule is CCOC(=O)C1=C(C)NC(=S)N(C(=O)[C@@H]2O[C@H](COC(=O)c3ccccc3)[C@@H](OC(=O)c3ccccc3)[C@H]2OC(=O)c2ccccc2)[C@@]1(C)c1cccc(O[Si](C)(C)C(C)(C)C)c1. The number of hydrogen-bond acceptors (Lipinski definition) is 12. The highest BCUT2D eigenvalue weighted by atomic mass is 32.1. The van der Waals surface area contributed by atoms with Crippen LogP contribution in [0, 0.1) is 0 Å². The van der Waals surface area contributed by atoms with Crippen molar-refractivity contribution in [1.82, 2.24) is 10.2 Å². The van der Waals surface area contributed by atoms with Crippen molar-refractivity contribution in [2.75, 3.05) is 13.2 Å². The van der Waals surface area contributed by atoms with Gasteiger partial charge in [0.25, 0.3) is 5.91 Å². The topological polar surface area (TPSA) is 156 Å². The minimum atomic E-state index is -2.39. The number of ether oxygens (including phenoxy) is 5. The Kier molecular flexibility index (Phi) is 14.0. The summed E-state index contributed by atoms with van der Waals surface area (Å²) in [6.45, 7) is 15.0. The smallest absolute Gasteiger partial charge is 0.338 e. The van der Waals surface area contributed by atoms with Gasteiger partial charge < -0.3 is 33.4 Å². The highest BCUT2D eigenvalue weighted by molar-refractivity contribution is 7.80. The number of allylic oxidation sites excluding steroid dienone is 1. The molecule has 0 bridgehead atoms. The van der Waals surface area contributed by atoms with Gasteiger partial charge in [-0.2, -0.15) is 0 Å². The molecule has 2 heterocycles. The predicted molar refractivity (Wildman–Crippen MR) is 240 cm³/mol. The van der Waals surface area contributed by atoms with E-state index in [0.717, 1.165) is 0 Å². The van der Waals surface area contributed by atoms with Crippen LogP contribution in [0.5, 0.6) is 5.75 Å². The van der Waals surface area contributed by atoms with Crippen LogP contribution in [0.2, 0.25) is 18.1 Å². The average molecular weight is 893 g/mol. The molecule has 6 rings (SSSR count). The van der Waals surface area contributed by atoms with E-state index in [1.54, 1.807) is 106 Å². The highest BCUT2D eigenvalue weighted by Crippen LogP contribution is 2.45. The van der Waals surface area contributed by atoms with E-state index in [0.29, 0.717) is 17.0 Å². The monoisotopic (exact) mass is 892 g/mol. The van der Waals surface area contributed by atoms with Crippen molar-refractivity contribution in [3.8, 4) is 5.75 Å². The minimum Gasteiger partial charge on any atom is -0.543 e. The highest BCUT2D eigenvalue weighted by Gasteiger charge is 2.59. The third-order valence-electron chi connectivity index (χ3n) is 11.5. The molecule has 63 heavy (non-hydrogen) atoms. The summed E-state index contributed by atoms with van der Waals surface area (Å²) in [6.07, 6.45) is -6.26. The molecule has 1 amide bonds. The second-order valence-electron chi connectivity index (χ2n) is 16.8. The van der Waals surface area contributed by atoms with E-state index in [9.17, 15) is 19.2 Å². The molecule has 330 valence electrons. The third-order valence-corrected chi connectivity index (χ3v) is 16.2. The zero-order valence-electron chi connectivity index (χ0n) is 36.5. The zero-order chi connectivity index (χ0) is 45.7. The summed E-state index contributed by atoms with van der Waals surface area (Å²) in [6, 6.07) is 31.4. The molecular formula is C48H52N2O11SSi. The summed E-state index contributed by atoms with van der Waals surface area (Å²) in [5.74, 6) is -3.47. The molecule has 0 spiro atoms. The molecule has 0 saturated carbocycles. The third kappa shape index (κ3) is 9.90. The van der Waals surface area contributed by atoms with Crippen molar-refractivity contribution in [3.05, 3.63) is 149 Å². The summed E-state index contributed by atoms with van der Waals surface area (Å²) < 4.78 is 36.7. The van der Waals surface area contributed by atoms with Gasteiger partial charge in [0.2, 0.25) is 8.32 Å². The Morgan fingerprint density at radius 3 is 1.79 bits per heavy atom. The largest absolute Gasteiger partial charge is 0.543 e. The van der Waals surface area contributed by atoms with Crippen molar-refractivity contribution < 1.29 is 52.1 Å². The molecule has 1 saturated heterocycles. The van der Waals surface area contributed by atoms with Crippen LogP contribution < -0.4 is 9.74 Å². The van der Waals surface area contributed by atoms with Gasteiger partial charge in [0.05, 0.1) is 28.9 Å². The molecule has 1 N–H and O–H groups in total. The number of nitrogens with zero attached hydrogens (tertiary/aromatic N) is 1. The van der Waals surface area contributed by atoms with Gasteiger partial charge in [-0.15, -0.1) is 0 Å². The number of amides is 1. The first-order valence-corrected chi connectivity index (χ1v) is 23.9. The van der Waals surface area contributed by atoms with Gasteiger partial charge in [-0.1, -0.05) is 87.5 Å². The quantitative estimate of drug-likeness (QED) is 0.0599. The zero-order valence-corrected chi connectivity index (χ0v) is 38.4. The van der Waals surface area contributed by atoms with Crippen LogP contribution in [-0.2, 0) is 38.8 Å². The fourth-order valence-corrected chi connectivity index (χ4v) is 8.67. The standard InChI is InChI=1S/C48H52N2O11SSi/c1-9-56-45(55)37-30(2)49-46(62)50(48(37,6)34-26-19-27-35(28-34)61-63(7,8)47(3,4)5)41(51)40-39(60-44(54)33-24-17-12-18-25-33)38(59-43(53)32-22-15-11-16-23-32)36(58-40)29-57-42(52)31-20-13-10-14-21-31/h10-28,36,38-40H,9,29H2,1-8H3,(H,49,62)/t36-,38-,39-,40-,48+/m1/s1. The Morgan fingerprint density at radius 1 is 0.746 bits per heavy atom. The average Bonchev–Trinajstić information content (AvgIpc) is 3.58. The van der Waals surface area contributed by atoms with Crippen LogP contribution in [-0.4, -0.2) is 85.7 Å². The van der Waals surface area contributed by atoms with Crippen LogP contribution in [0.1, 0.15) is 78.2 Å². The first kappa shape index (κ1) is 46.3. The molecule has 0 radical (unpaired) electrons. The molecule has 2 aliphatic rings. The van der Waals surface area contributed by atoms with E-state index in [1.165, 1.54) is 29.2 Å². The maximum Gasteiger partial charge on any atom is 0.338 e. The van der Waals surface area contributed by atoms with Crippen molar-refractivity contribution in [3.63, 3.8) is 0 Å². The second-order valence-corrected chi connectivity index (χ2v) is 21.9. The molecule has 0 aromatic heterocycles. The van der Waals surface area contributed by atoms with Gasteiger partial charge in [-0.25, -0.2) is 19.2 Å². The molecule has 5 atom stereocenters. The summed E-state index contributed by atoms with van der Waals surface area (Å²) in [7, 11) is -2.39. The summed E-state index contributed by atoms with van der Waals surface area (Å²) in [5.41, 5.74) is -0.330. The summed E-state index contributed by atoms with van der Waals surface area (Å²) >= 11 is 5.94. The normalized spacial score (nSPS) is 21.2. The molecule has 0 unspecified atom stereocenters. The van der Waals surface area contributed by atoms with Crippen LogP contribution in [0.4, 0.5) is 0 Å². The van der Waals surface area contributed by atoms with Crippen molar-refractivity contribution in [2.45, 2.75) is 89.6 Å². The molecule has 15 heteroatoms. The fraction of sp³-hybridized carbons (Fsp3) is 0.333. The summed E-state index contributed by atoms with van der Waals surface area (Å²) in [5, 5.41) is 2.74. The van der Waals surface area contributed by atoms with Gasteiger partial charge in [-0.05, 0) is 105 Å². The number of benzene rings is 4. The maximum atomic E-state index is 15.6. The molecule has 1 fully saturated rings. The maximum absolute atomic E-state index is 15.6. The number of rotatable bonds is 13. The molecule has 4 aromatic carbocycles. The van der Waals surface area contributed by atoms with Crippen LogP contribution >= 0.6 is 12.2 Å². The van der Waals surface area contributed by atoms with Crippen LogP contribution in [0.3, 0.4) is 0 Å². The Hall–Kier alpha value is -6.16. The molecule has 13 nitrogen and oxygen atoms in total. The van der Waals surface area contributed by atoms with Gasteiger partial charge in [-0.3, -0.25) is 9.69 Å². The van der Waals surface area contributed by atoms with Gasteiger partial charge in [0.1, 0.15) is 24.0 Å². The summed E-state index contributed by atoms with van der Waals surface area (Å²) in [4.78, 5) is 72.0. The Morgan fingerprint density at radius 2 is 1.27 bits per heavy atom. The Labute approximate surface area is 373 Å². The molecule has 4 aromatic rings. The lowest BCUT2D eigenvalue weighted by molar-refractivity contribution is -0.149.